The van der Waals surface area contributed by atoms with Crippen molar-refractivity contribution in [3.05, 3.63) is 24.3 Å². The number of rotatable bonds is 7. The van der Waals surface area contributed by atoms with Crippen molar-refractivity contribution >= 4 is 5.69 Å². The smallest absolute Gasteiger partial charge is 0.119 e. The molecule has 1 atom stereocenters. The molecule has 1 aliphatic heterocycles. The zero-order valence-corrected chi connectivity index (χ0v) is 13.9. The number of benzene rings is 1. The Morgan fingerprint density at radius 3 is 2.27 bits per heavy atom. The Morgan fingerprint density at radius 1 is 1.09 bits per heavy atom. The lowest BCUT2D eigenvalue weighted by molar-refractivity contribution is -0.00899. The van der Waals surface area contributed by atoms with Crippen LogP contribution in [-0.2, 0) is 4.74 Å². The van der Waals surface area contributed by atoms with Crippen LogP contribution < -0.4 is 9.64 Å². The fourth-order valence-corrected chi connectivity index (χ4v) is 2.64. The minimum Gasteiger partial charge on any atom is -0.497 e. The number of aliphatic hydroxyl groups excluding tert-OH is 1. The largest absolute Gasteiger partial charge is 0.497 e. The molecule has 0 aliphatic carbocycles. The van der Waals surface area contributed by atoms with Crippen LogP contribution in [0.2, 0.25) is 0 Å². The van der Waals surface area contributed by atoms with Crippen LogP contribution in [-0.4, -0.2) is 68.7 Å². The molecule has 0 radical (unpaired) electrons. The van der Waals surface area contributed by atoms with Crippen LogP contribution in [0.1, 0.15) is 13.8 Å². The van der Waals surface area contributed by atoms with Crippen LogP contribution in [0.5, 0.6) is 5.75 Å². The maximum absolute atomic E-state index is 10.00. The van der Waals surface area contributed by atoms with Gasteiger partial charge in [-0.1, -0.05) is 0 Å². The first kappa shape index (κ1) is 17.1. The lowest BCUT2D eigenvalue weighted by Gasteiger charge is -2.37. The van der Waals surface area contributed by atoms with Crippen molar-refractivity contribution in [2.24, 2.45) is 0 Å². The quantitative estimate of drug-likeness (QED) is 0.829. The van der Waals surface area contributed by atoms with Crippen molar-refractivity contribution in [1.29, 1.82) is 0 Å². The van der Waals surface area contributed by atoms with E-state index in [1.807, 2.05) is 26.0 Å². The Hall–Kier alpha value is -1.30. The molecule has 22 heavy (non-hydrogen) atoms. The average Bonchev–Trinajstić information content (AvgIpc) is 2.54. The van der Waals surface area contributed by atoms with Crippen molar-refractivity contribution in [3.8, 4) is 5.75 Å². The monoisotopic (exact) mass is 308 g/mol. The first-order valence-electron chi connectivity index (χ1n) is 7.99. The summed E-state index contributed by atoms with van der Waals surface area (Å²) in [6.45, 7) is 8.95. The third-order valence-corrected chi connectivity index (χ3v) is 3.90. The van der Waals surface area contributed by atoms with Gasteiger partial charge in [-0.05, 0) is 38.1 Å². The molecule has 0 aromatic heterocycles. The first-order valence-corrected chi connectivity index (χ1v) is 7.99. The van der Waals surface area contributed by atoms with Crippen LogP contribution >= 0.6 is 0 Å². The summed E-state index contributed by atoms with van der Waals surface area (Å²) >= 11 is 0. The predicted octanol–water partition coefficient (Wildman–Crippen LogP) is 1.60. The molecule has 0 unspecified atom stereocenters. The fraction of sp³-hybridized carbons (Fsp3) is 0.647. The van der Waals surface area contributed by atoms with Gasteiger partial charge < -0.3 is 19.5 Å². The second-order valence-electron chi connectivity index (χ2n) is 6.02. The highest BCUT2D eigenvalue weighted by molar-refractivity contribution is 5.49. The Kier molecular flexibility index (Phi) is 6.49. The van der Waals surface area contributed by atoms with E-state index in [0.29, 0.717) is 13.2 Å². The summed E-state index contributed by atoms with van der Waals surface area (Å²) in [7, 11) is 1.68. The molecule has 0 spiro atoms. The van der Waals surface area contributed by atoms with E-state index in [4.69, 9.17) is 9.47 Å². The number of hydrogen-bond acceptors (Lipinski definition) is 5. The van der Waals surface area contributed by atoms with Gasteiger partial charge in [-0.3, -0.25) is 4.90 Å². The van der Waals surface area contributed by atoms with Crippen molar-refractivity contribution < 1.29 is 14.6 Å². The highest BCUT2D eigenvalue weighted by atomic mass is 16.5. The number of β-amino-alcohol motifs (C(OH)–C–C–N with tert-alkyl or cyclic N) is 1. The normalized spacial score (nSPS) is 17.8. The molecule has 5 heteroatoms. The number of piperazine rings is 1. The van der Waals surface area contributed by atoms with E-state index in [2.05, 4.69) is 21.9 Å². The molecule has 1 fully saturated rings. The fourth-order valence-electron chi connectivity index (χ4n) is 2.64. The maximum Gasteiger partial charge on any atom is 0.119 e. The van der Waals surface area contributed by atoms with Crippen LogP contribution in [0.3, 0.4) is 0 Å². The third-order valence-electron chi connectivity index (χ3n) is 3.90. The third kappa shape index (κ3) is 5.16. The minimum absolute atomic E-state index is 0.168. The van der Waals surface area contributed by atoms with Gasteiger partial charge in [-0.25, -0.2) is 0 Å². The van der Waals surface area contributed by atoms with Gasteiger partial charge in [0.05, 0.1) is 25.9 Å². The highest BCUT2D eigenvalue weighted by Gasteiger charge is 2.19. The molecule has 0 bridgehead atoms. The number of hydrogen-bond donors (Lipinski definition) is 1. The summed E-state index contributed by atoms with van der Waals surface area (Å²) in [5.74, 6) is 0.885. The van der Waals surface area contributed by atoms with Crippen LogP contribution in [0.15, 0.2) is 24.3 Å². The average molecular weight is 308 g/mol. The molecule has 1 saturated heterocycles. The van der Waals surface area contributed by atoms with Gasteiger partial charge in [0.25, 0.3) is 0 Å². The number of nitrogens with zero attached hydrogens (tertiary/aromatic N) is 2. The SMILES string of the molecule is COc1ccc(N2CCN(C[C@H](O)COC(C)C)CC2)cc1. The van der Waals surface area contributed by atoms with Gasteiger partial charge in [0.15, 0.2) is 0 Å². The topological polar surface area (TPSA) is 45.2 Å². The molecule has 2 rings (SSSR count). The van der Waals surface area contributed by atoms with Crippen molar-refractivity contribution in [1.82, 2.24) is 4.90 Å². The maximum atomic E-state index is 10.00. The number of ether oxygens (including phenoxy) is 2. The standard InChI is InChI=1S/C17H28N2O3/c1-14(2)22-13-16(20)12-18-8-10-19(11-9-18)15-4-6-17(21-3)7-5-15/h4-7,14,16,20H,8-13H2,1-3H3/t16-/m0/s1. The predicted molar refractivity (Wildman–Crippen MR) is 88.7 cm³/mol. The van der Waals surface area contributed by atoms with Gasteiger partial charge in [-0.2, -0.15) is 0 Å². The summed E-state index contributed by atoms with van der Waals surface area (Å²) in [6.07, 6.45) is -0.239. The van der Waals surface area contributed by atoms with E-state index in [1.54, 1.807) is 7.11 Å². The molecule has 5 nitrogen and oxygen atoms in total. The van der Waals surface area contributed by atoms with Gasteiger partial charge in [-0.15, -0.1) is 0 Å². The number of aliphatic hydroxyl groups is 1. The van der Waals surface area contributed by atoms with E-state index >= 15 is 0 Å². The minimum atomic E-state index is -0.407. The Bertz CT molecular complexity index is 428. The molecular formula is C17H28N2O3. The van der Waals surface area contributed by atoms with Gasteiger partial charge in [0, 0.05) is 38.4 Å². The summed E-state index contributed by atoms with van der Waals surface area (Å²) in [6, 6.07) is 8.18. The van der Waals surface area contributed by atoms with Crippen LogP contribution in [0, 0.1) is 0 Å². The van der Waals surface area contributed by atoms with E-state index < -0.39 is 6.10 Å². The van der Waals surface area contributed by atoms with Crippen molar-refractivity contribution in [2.45, 2.75) is 26.1 Å². The summed E-state index contributed by atoms with van der Waals surface area (Å²) in [5.41, 5.74) is 1.23. The van der Waals surface area contributed by atoms with Gasteiger partial charge >= 0.3 is 0 Å². The summed E-state index contributed by atoms with van der Waals surface area (Å²) in [4.78, 5) is 4.67. The van der Waals surface area contributed by atoms with Crippen LogP contribution in [0.4, 0.5) is 5.69 Å². The summed E-state index contributed by atoms with van der Waals surface area (Å²) < 4.78 is 10.6. The number of methoxy groups -OCH3 is 1. The highest BCUT2D eigenvalue weighted by Crippen LogP contribution is 2.20. The zero-order valence-electron chi connectivity index (χ0n) is 13.9. The van der Waals surface area contributed by atoms with Crippen molar-refractivity contribution in [3.63, 3.8) is 0 Å². The van der Waals surface area contributed by atoms with E-state index in [9.17, 15) is 5.11 Å². The molecule has 0 amide bonds. The van der Waals surface area contributed by atoms with E-state index in [-0.39, 0.29) is 6.10 Å². The molecular weight excluding hydrogens is 280 g/mol. The first-order chi connectivity index (χ1) is 10.6. The van der Waals surface area contributed by atoms with E-state index in [0.717, 1.165) is 31.9 Å². The molecule has 1 aliphatic rings. The molecule has 124 valence electrons. The molecule has 0 saturated carbocycles. The second kappa shape index (κ2) is 8.36. The second-order valence-corrected chi connectivity index (χ2v) is 6.02. The molecule has 1 aromatic carbocycles. The van der Waals surface area contributed by atoms with Gasteiger partial charge in [0.1, 0.15) is 5.75 Å². The summed E-state index contributed by atoms with van der Waals surface area (Å²) in [5, 5.41) is 10.00. The van der Waals surface area contributed by atoms with Gasteiger partial charge in [0.2, 0.25) is 0 Å². The van der Waals surface area contributed by atoms with E-state index in [1.165, 1.54) is 5.69 Å². The van der Waals surface area contributed by atoms with Crippen LogP contribution in [0.25, 0.3) is 0 Å². The number of anilines is 1. The Labute approximate surface area is 133 Å². The molecule has 1 heterocycles. The molecule has 1 aromatic rings. The zero-order chi connectivity index (χ0) is 15.9. The molecule has 1 N–H and O–H groups in total. The lowest BCUT2D eigenvalue weighted by Crippen LogP contribution is -2.49. The van der Waals surface area contributed by atoms with Crippen molar-refractivity contribution in [2.75, 3.05) is 51.3 Å². The Balaban J connectivity index is 1.75. The lowest BCUT2D eigenvalue weighted by atomic mass is 10.2. The Morgan fingerprint density at radius 2 is 1.73 bits per heavy atom.